The van der Waals surface area contributed by atoms with Gasteiger partial charge < -0.3 is 15.4 Å². The maximum atomic E-state index is 12.1. The second-order valence-electron chi connectivity index (χ2n) is 4.97. The Kier molecular flexibility index (Phi) is 5.70. The molecule has 110 valence electrons. The van der Waals surface area contributed by atoms with Crippen LogP contribution in [0.15, 0.2) is 24.3 Å². The second-order valence-corrected chi connectivity index (χ2v) is 4.97. The van der Waals surface area contributed by atoms with Gasteiger partial charge in [0.05, 0.1) is 11.3 Å². The summed E-state index contributed by atoms with van der Waals surface area (Å²) >= 11 is 0. The smallest absolute Gasteiger partial charge is 0.256 e. The van der Waals surface area contributed by atoms with Gasteiger partial charge in [-0.15, -0.1) is 0 Å². The molecule has 0 bridgehead atoms. The number of anilines is 1. The predicted molar refractivity (Wildman–Crippen MR) is 78.8 cm³/mol. The van der Waals surface area contributed by atoms with Gasteiger partial charge in [-0.05, 0) is 32.4 Å². The number of ether oxygens (including phenoxy) is 1. The fourth-order valence-corrected chi connectivity index (χ4v) is 1.49. The van der Waals surface area contributed by atoms with Crippen LogP contribution in [0.25, 0.3) is 0 Å². The Bertz CT molecular complexity index is 484. The Morgan fingerprint density at radius 2 is 1.90 bits per heavy atom. The summed E-state index contributed by atoms with van der Waals surface area (Å²) in [6.07, 6.45) is 0.858. The first-order valence-electron chi connectivity index (χ1n) is 6.66. The maximum absolute atomic E-state index is 12.1. The molecule has 0 spiro atoms. The molecule has 0 radical (unpaired) electrons. The summed E-state index contributed by atoms with van der Waals surface area (Å²) in [5.74, 6) is -0.492. The Balaban J connectivity index is 2.91. The maximum Gasteiger partial charge on any atom is 0.256 e. The van der Waals surface area contributed by atoms with E-state index in [4.69, 9.17) is 4.74 Å². The molecule has 0 heterocycles. The lowest BCUT2D eigenvalue weighted by Crippen LogP contribution is -2.39. The van der Waals surface area contributed by atoms with E-state index in [0.29, 0.717) is 17.8 Å². The lowest BCUT2D eigenvalue weighted by atomic mass is 10.1. The molecule has 0 atom stereocenters. The SMILES string of the molecule is CCCNC(=O)c1ccccc1NC(=O)C(C)(C)OC. The van der Waals surface area contributed by atoms with Crippen molar-refractivity contribution in [1.29, 1.82) is 0 Å². The molecule has 2 amide bonds. The molecule has 0 saturated carbocycles. The van der Waals surface area contributed by atoms with Crippen LogP contribution in [0.4, 0.5) is 5.69 Å². The summed E-state index contributed by atoms with van der Waals surface area (Å²) in [5, 5.41) is 5.53. The molecule has 5 heteroatoms. The summed E-state index contributed by atoms with van der Waals surface area (Å²) in [7, 11) is 1.47. The Labute approximate surface area is 119 Å². The number of methoxy groups -OCH3 is 1. The summed E-state index contributed by atoms with van der Waals surface area (Å²) in [4.78, 5) is 24.1. The average Bonchev–Trinajstić information content (AvgIpc) is 2.45. The zero-order valence-electron chi connectivity index (χ0n) is 12.4. The first kappa shape index (κ1) is 16.2. The Morgan fingerprint density at radius 3 is 2.50 bits per heavy atom. The summed E-state index contributed by atoms with van der Waals surface area (Å²) in [5.41, 5.74) is -0.0232. The summed E-state index contributed by atoms with van der Waals surface area (Å²) in [6.45, 7) is 5.92. The van der Waals surface area contributed by atoms with Gasteiger partial charge in [0.1, 0.15) is 5.60 Å². The molecule has 0 unspecified atom stereocenters. The second kappa shape index (κ2) is 7.05. The average molecular weight is 278 g/mol. The van der Waals surface area contributed by atoms with Gasteiger partial charge in [0.25, 0.3) is 11.8 Å². The fraction of sp³-hybridized carbons (Fsp3) is 0.467. The third kappa shape index (κ3) is 4.06. The highest BCUT2D eigenvalue weighted by molar-refractivity contribution is 6.05. The highest BCUT2D eigenvalue weighted by Gasteiger charge is 2.27. The monoisotopic (exact) mass is 278 g/mol. The van der Waals surface area contributed by atoms with Crippen molar-refractivity contribution in [3.05, 3.63) is 29.8 Å². The number of carbonyl (C=O) groups is 2. The van der Waals surface area contributed by atoms with E-state index in [0.717, 1.165) is 6.42 Å². The molecule has 5 nitrogen and oxygen atoms in total. The number of benzene rings is 1. The number of para-hydroxylation sites is 1. The quantitative estimate of drug-likeness (QED) is 0.838. The number of nitrogens with one attached hydrogen (secondary N) is 2. The van der Waals surface area contributed by atoms with Crippen molar-refractivity contribution in [2.75, 3.05) is 19.0 Å². The van der Waals surface area contributed by atoms with Crippen LogP contribution in [0.2, 0.25) is 0 Å². The van der Waals surface area contributed by atoms with E-state index in [1.54, 1.807) is 38.1 Å². The number of carbonyl (C=O) groups excluding carboxylic acids is 2. The van der Waals surface area contributed by atoms with Gasteiger partial charge in [-0.2, -0.15) is 0 Å². The van der Waals surface area contributed by atoms with Crippen LogP contribution in [-0.2, 0) is 9.53 Å². The summed E-state index contributed by atoms with van der Waals surface area (Å²) < 4.78 is 5.12. The van der Waals surface area contributed by atoms with Crippen molar-refractivity contribution in [2.45, 2.75) is 32.8 Å². The van der Waals surface area contributed by atoms with Crippen LogP contribution in [0, 0.1) is 0 Å². The molecular weight excluding hydrogens is 256 g/mol. The summed E-state index contributed by atoms with van der Waals surface area (Å²) in [6, 6.07) is 6.91. The molecule has 20 heavy (non-hydrogen) atoms. The van der Waals surface area contributed by atoms with Crippen molar-refractivity contribution in [3.8, 4) is 0 Å². The molecule has 0 fully saturated rings. The van der Waals surface area contributed by atoms with Crippen LogP contribution < -0.4 is 10.6 Å². The zero-order valence-corrected chi connectivity index (χ0v) is 12.4. The van der Waals surface area contributed by atoms with Crippen LogP contribution in [-0.4, -0.2) is 31.1 Å². The van der Waals surface area contributed by atoms with Gasteiger partial charge in [-0.25, -0.2) is 0 Å². The van der Waals surface area contributed by atoms with E-state index in [-0.39, 0.29) is 11.8 Å². The molecule has 1 aromatic carbocycles. The van der Waals surface area contributed by atoms with Crippen molar-refractivity contribution in [3.63, 3.8) is 0 Å². The van der Waals surface area contributed by atoms with Gasteiger partial charge in [0.2, 0.25) is 0 Å². The Hall–Kier alpha value is -1.88. The first-order valence-corrected chi connectivity index (χ1v) is 6.66. The minimum absolute atomic E-state index is 0.196. The van der Waals surface area contributed by atoms with Crippen LogP contribution in [0.1, 0.15) is 37.6 Å². The van der Waals surface area contributed by atoms with Gasteiger partial charge in [0.15, 0.2) is 0 Å². The normalized spacial score (nSPS) is 11.0. The number of rotatable bonds is 6. The molecule has 0 saturated heterocycles. The van der Waals surface area contributed by atoms with E-state index < -0.39 is 5.60 Å². The molecular formula is C15H22N2O3. The highest BCUT2D eigenvalue weighted by atomic mass is 16.5. The lowest BCUT2D eigenvalue weighted by molar-refractivity contribution is -0.133. The van der Waals surface area contributed by atoms with Crippen molar-refractivity contribution >= 4 is 17.5 Å². The third-order valence-corrected chi connectivity index (χ3v) is 3.01. The van der Waals surface area contributed by atoms with Gasteiger partial charge in [-0.1, -0.05) is 19.1 Å². The standard InChI is InChI=1S/C15H22N2O3/c1-5-10-16-13(18)11-8-6-7-9-12(11)17-14(19)15(2,3)20-4/h6-9H,5,10H2,1-4H3,(H,16,18)(H,17,19). The molecule has 2 N–H and O–H groups in total. The van der Waals surface area contributed by atoms with E-state index in [1.807, 2.05) is 6.92 Å². The van der Waals surface area contributed by atoms with Gasteiger partial charge in [-0.3, -0.25) is 9.59 Å². The van der Waals surface area contributed by atoms with Crippen LogP contribution in [0.3, 0.4) is 0 Å². The number of hydrogen-bond donors (Lipinski definition) is 2. The molecule has 0 aliphatic heterocycles. The van der Waals surface area contributed by atoms with E-state index in [9.17, 15) is 9.59 Å². The van der Waals surface area contributed by atoms with Crippen molar-refractivity contribution in [2.24, 2.45) is 0 Å². The topological polar surface area (TPSA) is 67.4 Å². The number of hydrogen-bond acceptors (Lipinski definition) is 3. The van der Waals surface area contributed by atoms with E-state index in [1.165, 1.54) is 7.11 Å². The van der Waals surface area contributed by atoms with Gasteiger partial charge in [0, 0.05) is 13.7 Å². The van der Waals surface area contributed by atoms with Crippen molar-refractivity contribution in [1.82, 2.24) is 5.32 Å². The first-order chi connectivity index (χ1) is 9.42. The largest absolute Gasteiger partial charge is 0.369 e. The molecule has 0 aliphatic rings. The zero-order chi connectivity index (χ0) is 15.2. The third-order valence-electron chi connectivity index (χ3n) is 3.01. The highest BCUT2D eigenvalue weighted by Crippen LogP contribution is 2.18. The van der Waals surface area contributed by atoms with Crippen LogP contribution in [0.5, 0.6) is 0 Å². The number of amides is 2. The molecule has 1 aromatic rings. The predicted octanol–water partition coefficient (Wildman–Crippen LogP) is 2.19. The Morgan fingerprint density at radius 1 is 1.25 bits per heavy atom. The van der Waals surface area contributed by atoms with E-state index >= 15 is 0 Å². The lowest BCUT2D eigenvalue weighted by Gasteiger charge is -2.22. The molecule has 1 rings (SSSR count). The molecule has 0 aliphatic carbocycles. The minimum atomic E-state index is -0.951. The molecule has 0 aromatic heterocycles. The minimum Gasteiger partial charge on any atom is -0.369 e. The van der Waals surface area contributed by atoms with Crippen molar-refractivity contribution < 1.29 is 14.3 Å². The van der Waals surface area contributed by atoms with Crippen LogP contribution >= 0.6 is 0 Å². The van der Waals surface area contributed by atoms with E-state index in [2.05, 4.69) is 10.6 Å². The fourth-order valence-electron chi connectivity index (χ4n) is 1.49. The van der Waals surface area contributed by atoms with Gasteiger partial charge >= 0.3 is 0 Å².